The fourth-order valence-electron chi connectivity index (χ4n) is 1.94. The van der Waals surface area contributed by atoms with Gasteiger partial charge in [0, 0.05) is 24.6 Å². The van der Waals surface area contributed by atoms with Gasteiger partial charge >= 0.3 is 7.12 Å². The van der Waals surface area contributed by atoms with Crippen LogP contribution in [0.2, 0.25) is 6.32 Å². The molecule has 0 aromatic carbocycles. The monoisotopic (exact) mass is 297 g/mol. The summed E-state index contributed by atoms with van der Waals surface area (Å²) >= 11 is 0. The number of nitrogens with two attached hydrogens (primary N) is 2. The molecule has 0 aliphatic heterocycles. The molecule has 0 radical (unpaired) electrons. The van der Waals surface area contributed by atoms with E-state index in [1.54, 1.807) is 6.20 Å². The summed E-state index contributed by atoms with van der Waals surface area (Å²) in [6, 6.07) is 3.69. The van der Waals surface area contributed by atoms with Crippen LogP contribution in [0.1, 0.15) is 24.1 Å². The van der Waals surface area contributed by atoms with E-state index in [0.717, 1.165) is 31.1 Å². The molecule has 1 aliphatic carbocycles. The molecule has 0 fully saturated rings. The van der Waals surface area contributed by atoms with Gasteiger partial charge in [0.2, 0.25) is 0 Å². The molecule has 1 unspecified atom stereocenters. The van der Waals surface area contributed by atoms with Crippen LogP contribution in [-0.4, -0.2) is 47.2 Å². The Kier molecular flexibility index (Phi) is 9.76. The van der Waals surface area contributed by atoms with E-state index < -0.39 is 12.7 Å². The number of hydrogen-bond acceptors (Lipinski definition) is 7. The van der Waals surface area contributed by atoms with Crippen molar-refractivity contribution in [2.24, 2.45) is 11.5 Å². The van der Waals surface area contributed by atoms with Crippen molar-refractivity contribution >= 4 is 13.4 Å². The third-order valence-electron chi connectivity index (χ3n) is 3.04. The number of aliphatic hydroxyl groups is 1. The molecule has 1 heterocycles. The molecule has 1 aromatic rings. The summed E-state index contributed by atoms with van der Waals surface area (Å²) in [6.07, 6.45) is 5.11. The van der Waals surface area contributed by atoms with Gasteiger partial charge in [-0.1, -0.05) is 6.07 Å². The minimum absolute atomic E-state index is 0.385. The third-order valence-corrected chi connectivity index (χ3v) is 3.04. The first-order valence-corrected chi connectivity index (χ1v) is 6.74. The largest absolute Gasteiger partial charge is 0.451 e. The maximum atomic E-state index is 10.7. The van der Waals surface area contributed by atoms with Gasteiger partial charge in [0.15, 0.2) is 0 Å². The Morgan fingerprint density at radius 3 is 2.62 bits per heavy atom. The van der Waals surface area contributed by atoms with Crippen LogP contribution in [0.3, 0.4) is 0 Å². The highest BCUT2D eigenvalue weighted by atomic mass is 16.4. The Hall–Kier alpha value is -1.32. The van der Waals surface area contributed by atoms with Gasteiger partial charge in [-0.05, 0) is 38.2 Å². The molecule has 8 heteroatoms. The van der Waals surface area contributed by atoms with E-state index in [1.165, 1.54) is 0 Å². The van der Waals surface area contributed by atoms with Crippen molar-refractivity contribution in [3.63, 3.8) is 0 Å². The SMILES string of the molecule is CO.NC1(C=O)CCc2ncccc21.NCCCB(O)O. The fourth-order valence-corrected chi connectivity index (χ4v) is 1.94. The molecule has 0 saturated carbocycles. The van der Waals surface area contributed by atoms with Crippen LogP contribution in [0.5, 0.6) is 0 Å². The van der Waals surface area contributed by atoms with Crippen molar-refractivity contribution in [3.05, 3.63) is 29.6 Å². The lowest BCUT2D eigenvalue weighted by molar-refractivity contribution is -0.112. The number of hydrogen-bond donors (Lipinski definition) is 5. The molecule has 0 amide bonds. The molecular weight excluding hydrogens is 273 g/mol. The minimum Gasteiger partial charge on any atom is -0.427 e. The number of carbonyl (C=O) groups is 1. The number of carbonyl (C=O) groups excluding carboxylic acids is 1. The Labute approximate surface area is 125 Å². The summed E-state index contributed by atoms with van der Waals surface area (Å²) < 4.78 is 0. The van der Waals surface area contributed by atoms with E-state index in [1.807, 2.05) is 12.1 Å². The van der Waals surface area contributed by atoms with Gasteiger partial charge in [-0.2, -0.15) is 0 Å². The lowest BCUT2D eigenvalue weighted by atomic mass is 9.85. The average molecular weight is 297 g/mol. The van der Waals surface area contributed by atoms with Gasteiger partial charge in [-0.15, -0.1) is 0 Å². The summed E-state index contributed by atoms with van der Waals surface area (Å²) in [7, 11) is -0.177. The highest BCUT2D eigenvalue weighted by molar-refractivity contribution is 6.40. The summed E-state index contributed by atoms with van der Waals surface area (Å²) in [5.74, 6) is 0. The first-order chi connectivity index (χ1) is 10.0. The molecular formula is C13H24BN3O4. The van der Waals surface area contributed by atoms with Crippen molar-refractivity contribution in [3.8, 4) is 0 Å². The van der Waals surface area contributed by atoms with Gasteiger partial charge < -0.3 is 31.4 Å². The van der Waals surface area contributed by atoms with E-state index >= 15 is 0 Å². The Morgan fingerprint density at radius 2 is 2.14 bits per heavy atom. The lowest BCUT2D eigenvalue weighted by Crippen LogP contribution is -2.35. The zero-order chi connectivity index (χ0) is 16.3. The first kappa shape index (κ1) is 19.7. The molecule has 1 aliphatic rings. The molecule has 7 nitrogen and oxygen atoms in total. The predicted molar refractivity (Wildman–Crippen MR) is 81.3 cm³/mol. The standard InChI is InChI=1S/C9H10N2O.C3H10BNO2.CH4O/c10-9(6-12)4-3-8-7(9)2-1-5-11-8;5-3-1-2-4(6)7;1-2/h1-2,5-6H,3-4,10H2;6-7H,1-3,5H2;2H,1H3. The second kappa shape index (κ2) is 10.4. The topological polar surface area (TPSA) is 143 Å². The van der Waals surface area contributed by atoms with Crippen molar-refractivity contribution in [2.45, 2.75) is 31.1 Å². The van der Waals surface area contributed by atoms with Crippen molar-refractivity contribution in [2.75, 3.05) is 13.7 Å². The minimum atomic E-state index is -1.18. The highest BCUT2D eigenvalue weighted by Gasteiger charge is 2.35. The van der Waals surface area contributed by atoms with Gasteiger partial charge in [-0.3, -0.25) is 4.98 Å². The van der Waals surface area contributed by atoms with E-state index in [0.29, 0.717) is 25.7 Å². The van der Waals surface area contributed by atoms with Crippen LogP contribution >= 0.6 is 0 Å². The maximum absolute atomic E-state index is 10.7. The number of pyridine rings is 1. The summed E-state index contributed by atoms with van der Waals surface area (Å²) in [5, 5.41) is 23.4. The number of aromatic nitrogens is 1. The normalized spacial score (nSPS) is 18.6. The van der Waals surface area contributed by atoms with Crippen molar-refractivity contribution in [1.29, 1.82) is 0 Å². The summed E-state index contributed by atoms with van der Waals surface area (Å²) in [6.45, 7) is 0.525. The number of aliphatic hydroxyl groups excluding tert-OH is 1. The number of rotatable bonds is 4. The second-order valence-electron chi connectivity index (χ2n) is 4.57. The number of aldehydes is 1. The molecule has 21 heavy (non-hydrogen) atoms. The van der Waals surface area contributed by atoms with Crippen LogP contribution in [0.25, 0.3) is 0 Å². The molecule has 7 N–H and O–H groups in total. The Balaban J connectivity index is 0.000000385. The van der Waals surface area contributed by atoms with Gasteiger partial charge in [0.1, 0.15) is 6.29 Å². The zero-order valence-electron chi connectivity index (χ0n) is 12.3. The third kappa shape index (κ3) is 6.32. The summed E-state index contributed by atoms with van der Waals surface area (Å²) in [4.78, 5) is 14.9. The van der Waals surface area contributed by atoms with Gasteiger partial charge in [-0.25, -0.2) is 0 Å². The quantitative estimate of drug-likeness (QED) is 0.347. The van der Waals surface area contributed by atoms with Crippen LogP contribution in [0.4, 0.5) is 0 Å². The molecule has 2 rings (SSSR count). The van der Waals surface area contributed by atoms with Crippen LogP contribution in [0.15, 0.2) is 18.3 Å². The van der Waals surface area contributed by atoms with Crippen molar-refractivity contribution < 1.29 is 19.9 Å². The van der Waals surface area contributed by atoms with Crippen LogP contribution in [-0.2, 0) is 16.8 Å². The number of fused-ring (bicyclic) bond motifs is 1. The highest BCUT2D eigenvalue weighted by Crippen LogP contribution is 2.31. The average Bonchev–Trinajstić information content (AvgIpc) is 2.86. The molecule has 1 aromatic heterocycles. The molecule has 0 spiro atoms. The Morgan fingerprint density at radius 1 is 1.48 bits per heavy atom. The van der Waals surface area contributed by atoms with Crippen LogP contribution in [0, 0.1) is 0 Å². The Bertz CT molecular complexity index is 420. The molecule has 1 atom stereocenters. The summed E-state index contributed by atoms with van der Waals surface area (Å²) in [5.41, 5.74) is 12.0. The second-order valence-corrected chi connectivity index (χ2v) is 4.57. The molecule has 0 bridgehead atoms. The van der Waals surface area contributed by atoms with E-state index in [2.05, 4.69) is 4.98 Å². The van der Waals surface area contributed by atoms with Gasteiger partial charge in [0.05, 0.1) is 5.54 Å². The number of aryl methyl sites for hydroxylation is 1. The first-order valence-electron chi connectivity index (χ1n) is 6.74. The van der Waals surface area contributed by atoms with E-state index in [9.17, 15) is 4.79 Å². The van der Waals surface area contributed by atoms with Crippen molar-refractivity contribution in [1.82, 2.24) is 4.98 Å². The molecule has 118 valence electrons. The zero-order valence-corrected chi connectivity index (χ0v) is 12.3. The maximum Gasteiger partial charge on any atom is 0.451 e. The predicted octanol–water partition coefficient (Wildman–Crippen LogP) is -1.20. The van der Waals surface area contributed by atoms with Crippen LogP contribution < -0.4 is 11.5 Å². The van der Waals surface area contributed by atoms with E-state index in [4.69, 9.17) is 26.6 Å². The molecule has 0 saturated heterocycles. The smallest absolute Gasteiger partial charge is 0.427 e. The van der Waals surface area contributed by atoms with Gasteiger partial charge in [0.25, 0.3) is 0 Å². The lowest BCUT2D eigenvalue weighted by Gasteiger charge is -2.15. The fraction of sp³-hybridized carbons (Fsp3) is 0.538. The van der Waals surface area contributed by atoms with E-state index in [-0.39, 0.29) is 0 Å². The number of nitrogens with zero attached hydrogens (tertiary/aromatic N) is 1.